The number of sulfonamides is 1. The summed E-state index contributed by atoms with van der Waals surface area (Å²) in [7, 11) is -0.934. The molecule has 0 aliphatic carbocycles. The Labute approximate surface area is 149 Å². The molecule has 0 saturated carbocycles. The number of benzene rings is 1. The second-order valence-corrected chi connectivity index (χ2v) is 8.08. The van der Waals surface area contributed by atoms with Gasteiger partial charge in [-0.15, -0.1) is 11.3 Å². The number of nitrogens with one attached hydrogen (secondary N) is 1. The van der Waals surface area contributed by atoms with Crippen LogP contribution in [0, 0.1) is 6.92 Å². The molecule has 0 spiro atoms. The van der Waals surface area contributed by atoms with Crippen LogP contribution in [-0.2, 0) is 10.0 Å². The molecule has 0 radical (unpaired) electrons. The van der Waals surface area contributed by atoms with Crippen molar-refractivity contribution in [2.75, 3.05) is 18.9 Å². The first-order valence-electron chi connectivity index (χ1n) is 7.21. The summed E-state index contributed by atoms with van der Waals surface area (Å²) in [6.07, 6.45) is 0. The van der Waals surface area contributed by atoms with Crippen molar-refractivity contribution < 1.29 is 22.4 Å². The fourth-order valence-corrected chi connectivity index (χ4v) is 3.99. The fraction of sp³-hybridized carbons (Fsp3) is 0.188. The van der Waals surface area contributed by atoms with Gasteiger partial charge in [0.1, 0.15) is 5.69 Å². The van der Waals surface area contributed by atoms with Crippen molar-refractivity contribution in [3.8, 4) is 22.1 Å². The molecule has 0 aliphatic rings. The second kappa shape index (κ2) is 6.77. The van der Waals surface area contributed by atoms with Crippen LogP contribution in [-0.4, -0.2) is 27.8 Å². The Morgan fingerprint density at radius 2 is 1.84 bits per heavy atom. The minimum absolute atomic E-state index is 0.0232. The Kier molecular flexibility index (Phi) is 4.69. The van der Waals surface area contributed by atoms with Crippen molar-refractivity contribution in [3.05, 3.63) is 41.3 Å². The number of aryl methyl sites for hydroxylation is 1. The molecule has 9 heteroatoms. The van der Waals surface area contributed by atoms with Crippen LogP contribution in [0.5, 0.6) is 11.5 Å². The molecule has 0 bridgehead atoms. The van der Waals surface area contributed by atoms with E-state index >= 15 is 0 Å². The zero-order valence-corrected chi connectivity index (χ0v) is 15.4. The van der Waals surface area contributed by atoms with Crippen LogP contribution in [0.4, 0.5) is 5.88 Å². The van der Waals surface area contributed by atoms with Crippen molar-refractivity contribution in [1.82, 2.24) is 5.16 Å². The van der Waals surface area contributed by atoms with Gasteiger partial charge in [0.15, 0.2) is 11.5 Å². The number of rotatable bonds is 6. The highest BCUT2D eigenvalue weighted by Gasteiger charge is 2.20. The molecule has 25 heavy (non-hydrogen) atoms. The number of aromatic nitrogens is 1. The molecule has 3 rings (SSSR count). The van der Waals surface area contributed by atoms with Gasteiger partial charge < -0.3 is 14.0 Å². The lowest BCUT2D eigenvalue weighted by atomic mass is 10.3. The summed E-state index contributed by atoms with van der Waals surface area (Å²) < 4.78 is 42.8. The van der Waals surface area contributed by atoms with E-state index in [2.05, 4.69) is 9.88 Å². The molecule has 3 aromatic rings. The lowest BCUT2D eigenvalue weighted by Crippen LogP contribution is -2.12. The summed E-state index contributed by atoms with van der Waals surface area (Å²) in [5.74, 6) is 0.796. The van der Waals surface area contributed by atoms with Gasteiger partial charge in [0.05, 0.1) is 24.0 Å². The Balaban J connectivity index is 1.86. The van der Waals surface area contributed by atoms with Crippen LogP contribution in [0.3, 0.4) is 0 Å². The quantitative estimate of drug-likeness (QED) is 0.703. The Morgan fingerprint density at radius 3 is 2.48 bits per heavy atom. The van der Waals surface area contributed by atoms with E-state index < -0.39 is 10.0 Å². The summed E-state index contributed by atoms with van der Waals surface area (Å²) in [5.41, 5.74) is 0.572. The van der Waals surface area contributed by atoms with Gasteiger partial charge >= 0.3 is 0 Å². The van der Waals surface area contributed by atoms with Gasteiger partial charge in [-0.1, -0.05) is 5.16 Å². The minimum Gasteiger partial charge on any atom is -0.493 e. The normalized spacial score (nSPS) is 11.3. The fourth-order valence-electron chi connectivity index (χ4n) is 2.19. The minimum atomic E-state index is -3.85. The van der Waals surface area contributed by atoms with Crippen LogP contribution in [0.2, 0.25) is 0 Å². The maximum Gasteiger partial charge on any atom is 0.264 e. The van der Waals surface area contributed by atoms with E-state index in [0.717, 1.165) is 9.75 Å². The molecule has 1 aromatic carbocycles. The standard InChI is InChI=1S/C16H16N2O5S2/c1-10-4-7-15(24-10)12-9-16(23-17-12)18-25(19,20)11-5-6-13(21-2)14(8-11)22-3/h4-9,18H,1-3H3. The van der Waals surface area contributed by atoms with Crippen LogP contribution in [0.15, 0.2) is 45.8 Å². The third-order valence-electron chi connectivity index (χ3n) is 3.40. The first kappa shape index (κ1) is 17.3. The van der Waals surface area contributed by atoms with E-state index in [4.69, 9.17) is 14.0 Å². The number of nitrogens with zero attached hydrogens (tertiary/aromatic N) is 1. The zero-order valence-electron chi connectivity index (χ0n) is 13.8. The van der Waals surface area contributed by atoms with Crippen molar-refractivity contribution in [3.63, 3.8) is 0 Å². The number of hydrogen-bond donors (Lipinski definition) is 1. The van der Waals surface area contributed by atoms with Gasteiger partial charge in [-0.2, -0.15) is 0 Å². The van der Waals surface area contributed by atoms with Gasteiger partial charge in [0.25, 0.3) is 10.0 Å². The van der Waals surface area contributed by atoms with E-state index in [9.17, 15) is 8.42 Å². The molecule has 0 atom stereocenters. The third-order valence-corrected chi connectivity index (χ3v) is 5.77. The van der Waals surface area contributed by atoms with Gasteiger partial charge in [0.2, 0.25) is 5.88 Å². The van der Waals surface area contributed by atoms with Gasteiger partial charge in [-0.05, 0) is 31.2 Å². The SMILES string of the molecule is COc1ccc(S(=O)(=O)Nc2cc(-c3ccc(C)s3)no2)cc1OC. The summed E-state index contributed by atoms with van der Waals surface area (Å²) in [5, 5.41) is 3.90. The number of thiophene rings is 1. The molecule has 0 aliphatic heterocycles. The Bertz CT molecular complexity index is 992. The van der Waals surface area contributed by atoms with Crippen LogP contribution in [0.25, 0.3) is 10.6 Å². The molecule has 1 N–H and O–H groups in total. The number of hydrogen-bond acceptors (Lipinski definition) is 7. The lowest BCUT2D eigenvalue weighted by molar-refractivity contribution is 0.354. The highest BCUT2D eigenvalue weighted by atomic mass is 32.2. The highest BCUT2D eigenvalue weighted by Crippen LogP contribution is 2.32. The first-order valence-corrected chi connectivity index (χ1v) is 9.51. The van der Waals surface area contributed by atoms with Crippen molar-refractivity contribution in [2.45, 2.75) is 11.8 Å². The largest absolute Gasteiger partial charge is 0.493 e. The van der Waals surface area contributed by atoms with E-state index in [1.54, 1.807) is 17.4 Å². The van der Waals surface area contributed by atoms with Crippen molar-refractivity contribution in [1.29, 1.82) is 0 Å². The molecule has 0 unspecified atom stereocenters. The lowest BCUT2D eigenvalue weighted by Gasteiger charge is -2.10. The average molecular weight is 380 g/mol. The predicted molar refractivity (Wildman–Crippen MR) is 94.9 cm³/mol. The van der Waals surface area contributed by atoms with Crippen LogP contribution >= 0.6 is 11.3 Å². The van der Waals surface area contributed by atoms with Crippen molar-refractivity contribution >= 4 is 27.2 Å². The van der Waals surface area contributed by atoms with Crippen molar-refractivity contribution in [2.24, 2.45) is 0 Å². The summed E-state index contributed by atoms with van der Waals surface area (Å²) in [6.45, 7) is 1.98. The molecular weight excluding hydrogens is 364 g/mol. The molecule has 7 nitrogen and oxygen atoms in total. The molecule has 0 amide bonds. The van der Waals surface area contributed by atoms with Gasteiger partial charge in [-0.3, -0.25) is 0 Å². The van der Waals surface area contributed by atoms with Gasteiger partial charge in [-0.25, -0.2) is 13.1 Å². The van der Waals surface area contributed by atoms with E-state index in [-0.39, 0.29) is 10.8 Å². The summed E-state index contributed by atoms with van der Waals surface area (Å²) in [6, 6.07) is 9.73. The molecule has 132 valence electrons. The topological polar surface area (TPSA) is 90.7 Å². The number of anilines is 1. The smallest absolute Gasteiger partial charge is 0.264 e. The highest BCUT2D eigenvalue weighted by molar-refractivity contribution is 7.92. The average Bonchev–Trinajstić information content (AvgIpc) is 3.22. The third kappa shape index (κ3) is 3.62. The van der Waals surface area contributed by atoms with E-state index in [1.165, 1.54) is 32.4 Å². The molecule has 0 saturated heterocycles. The first-order chi connectivity index (χ1) is 11.9. The maximum absolute atomic E-state index is 12.5. The zero-order chi connectivity index (χ0) is 18.0. The van der Waals surface area contributed by atoms with Crippen LogP contribution in [0.1, 0.15) is 4.88 Å². The monoisotopic (exact) mass is 380 g/mol. The Morgan fingerprint density at radius 1 is 1.08 bits per heavy atom. The van der Waals surface area contributed by atoms with E-state index in [0.29, 0.717) is 17.2 Å². The number of methoxy groups -OCH3 is 2. The van der Waals surface area contributed by atoms with Gasteiger partial charge in [0, 0.05) is 17.0 Å². The molecule has 2 heterocycles. The van der Waals surface area contributed by atoms with E-state index in [1.807, 2.05) is 19.1 Å². The Hall–Kier alpha value is -2.52. The predicted octanol–water partition coefficient (Wildman–Crippen LogP) is 3.53. The molecule has 0 fully saturated rings. The summed E-state index contributed by atoms with van der Waals surface area (Å²) in [4.78, 5) is 2.05. The second-order valence-electron chi connectivity index (χ2n) is 5.11. The maximum atomic E-state index is 12.5. The van der Waals surface area contributed by atoms with Crippen LogP contribution < -0.4 is 14.2 Å². The molecule has 2 aromatic heterocycles. The number of ether oxygens (including phenoxy) is 2. The summed E-state index contributed by atoms with van der Waals surface area (Å²) >= 11 is 1.55. The molecular formula is C16H16N2O5S2.